The van der Waals surface area contributed by atoms with Gasteiger partial charge in [0.25, 0.3) is 0 Å². The Morgan fingerprint density at radius 3 is 2.88 bits per heavy atom. The molecule has 17 heavy (non-hydrogen) atoms. The number of aromatic nitrogens is 2. The fourth-order valence-corrected chi connectivity index (χ4v) is 1.64. The van der Waals surface area contributed by atoms with Crippen molar-refractivity contribution >= 4 is 5.91 Å². The maximum Gasteiger partial charge on any atom is 0.236 e. The molecule has 1 heterocycles. The summed E-state index contributed by atoms with van der Waals surface area (Å²) in [6, 6.07) is -0.386. The molecule has 0 saturated heterocycles. The highest BCUT2D eigenvalue weighted by atomic mass is 16.2. The van der Waals surface area contributed by atoms with Crippen molar-refractivity contribution in [1.29, 1.82) is 0 Å². The van der Waals surface area contributed by atoms with Gasteiger partial charge < -0.3 is 15.6 Å². The average Bonchev–Trinajstić information content (AvgIpc) is 2.75. The molecule has 1 aromatic heterocycles. The van der Waals surface area contributed by atoms with Gasteiger partial charge in [-0.05, 0) is 18.8 Å². The van der Waals surface area contributed by atoms with Crippen molar-refractivity contribution < 1.29 is 4.79 Å². The first kappa shape index (κ1) is 13.7. The van der Waals surface area contributed by atoms with Crippen LogP contribution in [0.1, 0.15) is 26.7 Å². The van der Waals surface area contributed by atoms with E-state index in [-0.39, 0.29) is 11.9 Å². The lowest BCUT2D eigenvalue weighted by Crippen LogP contribution is -2.41. The second kappa shape index (κ2) is 7.06. The standard InChI is InChI=1S/C12H22N4O/c1-10(2)8-11(13)12(17)15-4-3-6-16-7-5-14-9-16/h5,7,9-11H,3-4,6,8,13H2,1-2H3,(H,15,17)/t11-/m1/s1. The molecule has 96 valence electrons. The number of nitrogens with two attached hydrogens (primary N) is 1. The first-order chi connectivity index (χ1) is 8.09. The number of carbonyl (C=O) groups is 1. The number of nitrogens with zero attached hydrogens (tertiary/aromatic N) is 2. The molecule has 1 aromatic rings. The Bertz CT molecular complexity index is 321. The third kappa shape index (κ3) is 5.49. The number of hydrogen-bond acceptors (Lipinski definition) is 3. The largest absolute Gasteiger partial charge is 0.355 e. The van der Waals surface area contributed by atoms with Crippen molar-refractivity contribution in [2.45, 2.75) is 39.3 Å². The van der Waals surface area contributed by atoms with Crippen molar-refractivity contribution in [3.63, 3.8) is 0 Å². The Balaban J connectivity index is 2.11. The van der Waals surface area contributed by atoms with Crippen LogP contribution in [0.2, 0.25) is 0 Å². The second-order valence-corrected chi connectivity index (χ2v) is 4.68. The van der Waals surface area contributed by atoms with Gasteiger partial charge in [0, 0.05) is 25.5 Å². The average molecular weight is 238 g/mol. The predicted molar refractivity (Wildman–Crippen MR) is 67.3 cm³/mol. The molecule has 0 bridgehead atoms. The van der Waals surface area contributed by atoms with Crippen LogP contribution in [-0.2, 0) is 11.3 Å². The van der Waals surface area contributed by atoms with Gasteiger partial charge in [-0.15, -0.1) is 0 Å². The number of nitrogens with one attached hydrogen (secondary N) is 1. The van der Waals surface area contributed by atoms with Gasteiger partial charge in [0.15, 0.2) is 0 Å². The zero-order valence-corrected chi connectivity index (χ0v) is 10.6. The summed E-state index contributed by atoms with van der Waals surface area (Å²) in [6.45, 7) is 5.64. The summed E-state index contributed by atoms with van der Waals surface area (Å²) in [6.07, 6.45) is 7.04. The smallest absolute Gasteiger partial charge is 0.236 e. The summed E-state index contributed by atoms with van der Waals surface area (Å²) in [5, 5.41) is 2.85. The molecule has 0 aliphatic carbocycles. The molecule has 1 amide bonds. The van der Waals surface area contributed by atoms with Crippen molar-refractivity contribution in [2.24, 2.45) is 11.7 Å². The van der Waals surface area contributed by atoms with Crippen LogP contribution in [0.5, 0.6) is 0 Å². The summed E-state index contributed by atoms with van der Waals surface area (Å²) in [5.41, 5.74) is 5.77. The highest BCUT2D eigenvalue weighted by molar-refractivity contribution is 5.81. The normalized spacial score (nSPS) is 12.7. The number of amides is 1. The Morgan fingerprint density at radius 1 is 1.53 bits per heavy atom. The van der Waals surface area contributed by atoms with Crippen molar-refractivity contribution in [2.75, 3.05) is 6.54 Å². The molecule has 5 nitrogen and oxygen atoms in total. The fourth-order valence-electron chi connectivity index (χ4n) is 1.64. The first-order valence-electron chi connectivity index (χ1n) is 6.08. The molecule has 0 unspecified atom stereocenters. The van der Waals surface area contributed by atoms with E-state index >= 15 is 0 Å². The fraction of sp³-hybridized carbons (Fsp3) is 0.667. The third-order valence-corrected chi connectivity index (χ3v) is 2.51. The number of imidazole rings is 1. The van der Waals surface area contributed by atoms with E-state index in [2.05, 4.69) is 24.1 Å². The van der Waals surface area contributed by atoms with E-state index in [9.17, 15) is 4.79 Å². The minimum Gasteiger partial charge on any atom is -0.355 e. The van der Waals surface area contributed by atoms with E-state index in [4.69, 9.17) is 5.73 Å². The minimum atomic E-state index is -0.386. The zero-order chi connectivity index (χ0) is 12.7. The maximum absolute atomic E-state index is 11.6. The third-order valence-electron chi connectivity index (χ3n) is 2.51. The molecular formula is C12H22N4O. The number of rotatable bonds is 7. The second-order valence-electron chi connectivity index (χ2n) is 4.68. The molecule has 0 aromatic carbocycles. The van der Waals surface area contributed by atoms with E-state index in [1.165, 1.54) is 0 Å². The lowest BCUT2D eigenvalue weighted by atomic mass is 10.0. The molecule has 1 atom stereocenters. The predicted octanol–water partition coefficient (Wildman–Crippen LogP) is 0.763. The van der Waals surface area contributed by atoms with E-state index in [0.717, 1.165) is 19.4 Å². The van der Waals surface area contributed by atoms with Crippen molar-refractivity contribution in [3.05, 3.63) is 18.7 Å². The van der Waals surface area contributed by atoms with Crippen LogP contribution in [0.25, 0.3) is 0 Å². The van der Waals surface area contributed by atoms with Crippen molar-refractivity contribution in [1.82, 2.24) is 14.9 Å². The minimum absolute atomic E-state index is 0.0515. The lowest BCUT2D eigenvalue weighted by molar-refractivity contribution is -0.122. The van der Waals surface area contributed by atoms with Gasteiger partial charge in [-0.3, -0.25) is 4.79 Å². The summed E-state index contributed by atoms with van der Waals surface area (Å²) in [7, 11) is 0. The molecule has 5 heteroatoms. The Kier molecular flexibility index (Phi) is 5.69. The van der Waals surface area contributed by atoms with E-state index < -0.39 is 0 Å². The maximum atomic E-state index is 11.6. The Hall–Kier alpha value is -1.36. The quantitative estimate of drug-likeness (QED) is 0.689. The summed E-state index contributed by atoms with van der Waals surface area (Å²) < 4.78 is 1.99. The lowest BCUT2D eigenvalue weighted by Gasteiger charge is -2.14. The molecule has 0 radical (unpaired) electrons. The molecule has 0 fully saturated rings. The van der Waals surface area contributed by atoms with Crippen LogP contribution in [0, 0.1) is 5.92 Å². The monoisotopic (exact) mass is 238 g/mol. The van der Waals surface area contributed by atoms with Crippen LogP contribution < -0.4 is 11.1 Å². The van der Waals surface area contributed by atoms with Gasteiger partial charge in [0.2, 0.25) is 5.91 Å². The molecule has 1 rings (SSSR count). The molecule has 0 saturated carbocycles. The highest BCUT2D eigenvalue weighted by Crippen LogP contribution is 2.02. The molecule has 3 N–H and O–H groups in total. The van der Waals surface area contributed by atoms with E-state index in [1.54, 1.807) is 12.5 Å². The van der Waals surface area contributed by atoms with Gasteiger partial charge in [0.1, 0.15) is 0 Å². The summed E-state index contributed by atoms with van der Waals surface area (Å²) in [4.78, 5) is 15.5. The van der Waals surface area contributed by atoms with Crippen LogP contribution in [0.4, 0.5) is 0 Å². The number of aryl methyl sites for hydroxylation is 1. The SMILES string of the molecule is CC(C)C[C@@H](N)C(=O)NCCCn1ccnc1. The Labute approximate surface area is 102 Å². The van der Waals surface area contributed by atoms with E-state index in [0.29, 0.717) is 12.5 Å². The Morgan fingerprint density at radius 2 is 2.29 bits per heavy atom. The van der Waals surface area contributed by atoms with Crippen LogP contribution in [-0.4, -0.2) is 28.0 Å². The van der Waals surface area contributed by atoms with Crippen LogP contribution in [0.3, 0.4) is 0 Å². The van der Waals surface area contributed by atoms with Crippen molar-refractivity contribution in [3.8, 4) is 0 Å². The highest BCUT2D eigenvalue weighted by Gasteiger charge is 2.13. The number of carbonyl (C=O) groups excluding carboxylic acids is 1. The zero-order valence-electron chi connectivity index (χ0n) is 10.6. The summed E-state index contributed by atoms with van der Waals surface area (Å²) >= 11 is 0. The van der Waals surface area contributed by atoms with Gasteiger partial charge >= 0.3 is 0 Å². The summed E-state index contributed by atoms with van der Waals surface area (Å²) in [5.74, 6) is 0.394. The first-order valence-corrected chi connectivity index (χ1v) is 6.08. The topological polar surface area (TPSA) is 72.9 Å². The van der Waals surface area contributed by atoms with Gasteiger partial charge in [-0.2, -0.15) is 0 Å². The van der Waals surface area contributed by atoms with E-state index in [1.807, 2.05) is 10.8 Å². The molecule has 0 aliphatic heterocycles. The molecule has 0 spiro atoms. The number of hydrogen-bond donors (Lipinski definition) is 2. The van der Waals surface area contributed by atoms with Crippen LogP contribution >= 0.6 is 0 Å². The van der Waals surface area contributed by atoms with Gasteiger partial charge in [-0.1, -0.05) is 13.8 Å². The molecular weight excluding hydrogens is 216 g/mol. The van der Waals surface area contributed by atoms with Gasteiger partial charge in [-0.25, -0.2) is 4.98 Å². The van der Waals surface area contributed by atoms with Gasteiger partial charge in [0.05, 0.1) is 12.4 Å². The molecule has 0 aliphatic rings. The van der Waals surface area contributed by atoms with Crippen LogP contribution in [0.15, 0.2) is 18.7 Å².